The molecule has 0 aliphatic heterocycles. The van der Waals surface area contributed by atoms with Crippen molar-refractivity contribution in [2.75, 3.05) is 14.2 Å². The van der Waals surface area contributed by atoms with Crippen LogP contribution in [0.25, 0.3) is 11.4 Å². The number of carbonyl (C=O) groups excluding carboxylic acids is 2. The van der Waals surface area contributed by atoms with Crippen LogP contribution >= 0.6 is 0 Å². The molecule has 22 heavy (non-hydrogen) atoms. The van der Waals surface area contributed by atoms with Crippen LogP contribution in [0.4, 0.5) is 8.96 Å². The lowest BCUT2D eigenvalue weighted by atomic mass is 10.1. The van der Waals surface area contributed by atoms with Gasteiger partial charge in [0.15, 0.2) is 0 Å². The minimum Gasteiger partial charge on any atom is -0.465 e. The molecule has 0 fully saturated rings. The Balaban J connectivity index is 2.60. The predicted octanol–water partition coefficient (Wildman–Crippen LogP) is 0.967. The van der Waals surface area contributed by atoms with E-state index in [0.717, 1.165) is 24.5 Å². The van der Waals surface area contributed by atoms with E-state index in [1.165, 1.54) is 26.4 Å². The van der Waals surface area contributed by atoms with Gasteiger partial charge in [-0.05, 0) is 0 Å². The first-order valence-electron chi connectivity index (χ1n) is 6.08. The molecule has 0 atom stereocenters. The van der Waals surface area contributed by atoms with Gasteiger partial charge in [-0.3, -0.25) is 0 Å². The number of esters is 2. The van der Waals surface area contributed by atoms with E-state index in [-0.39, 0.29) is 32.1 Å². The van der Waals surface area contributed by atoms with Crippen LogP contribution in [0.5, 0.6) is 0 Å². The fraction of sp³-hybridized carbons (Fsp3) is 0.143. The third kappa shape index (κ3) is 2.90. The molecule has 2 aromatic heterocycles. The van der Waals surface area contributed by atoms with E-state index in [4.69, 9.17) is 0 Å². The number of nitrogens with zero attached hydrogens (tertiary/aromatic N) is 2. The van der Waals surface area contributed by atoms with Gasteiger partial charge in [0, 0.05) is 33.8 Å². The zero-order valence-corrected chi connectivity index (χ0v) is 11.7. The molecule has 0 spiro atoms. The fourth-order valence-electron chi connectivity index (χ4n) is 1.82. The maximum Gasteiger partial charge on any atom is 0.338 e. The normalized spacial score (nSPS) is 10.2. The molecular weight excluding hydrogens is 298 g/mol. The summed E-state index contributed by atoms with van der Waals surface area (Å²) in [6.07, 6.45) is 1.87. The second kappa shape index (κ2) is 6.25. The molecule has 2 aromatic rings. The topological polar surface area (TPSA) is 60.4 Å². The van der Waals surface area contributed by atoms with Crippen LogP contribution < -0.4 is 9.58 Å². The van der Waals surface area contributed by atoms with Crippen molar-refractivity contribution < 1.29 is 37.6 Å². The second-order valence-electron chi connectivity index (χ2n) is 4.21. The third-order valence-electron chi connectivity index (χ3n) is 2.92. The van der Waals surface area contributed by atoms with Gasteiger partial charge in [0.2, 0.25) is 12.4 Å². The van der Waals surface area contributed by atoms with Crippen molar-refractivity contribution in [3.05, 3.63) is 47.8 Å². The highest BCUT2D eigenvalue weighted by Crippen LogP contribution is 2.16. The minimum absolute atomic E-state index is 0.0369. The Morgan fingerprint density at radius 1 is 0.864 bits per heavy atom. The molecule has 0 aliphatic rings. The van der Waals surface area contributed by atoms with Gasteiger partial charge in [0.05, 0.1) is 34.3 Å². The first kappa shape index (κ1) is 15.5. The van der Waals surface area contributed by atoms with E-state index in [2.05, 4.69) is 9.47 Å². The quantitative estimate of drug-likeness (QED) is 0.793. The molecule has 2 heterocycles. The Morgan fingerprint density at radius 3 is 1.55 bits per heavy atom. The molecule has 0 aliphatic carbocycles. The fourth-order valence-corrected chi connectivity index (χ4v) is 1.82. The summed E-state index contributed by atoms with van der Waals surface area (Å²) in [5.41, 5.74) is -0.461. The first-order valence-corrected chi connectivity index (χ1v) is 6.08. The Bertz CT molecular complexity index is 686. The molecule has 114 valence electrons. The van der Waals surface area contributed by atoms with Gasteiger partial charge in [0.25, 0.3) is 0 Å². The Morgan fingerprint density at radius 2 is 1.23 bits per heavy atom. The largest absolute Gasteiger partial charge is 0.465 e. The second-order valence-corrected chi connectivity index (χ2v) is 4.21. The number of pyridine rings is 2. The van der Waals surface area contributed by atoms with Gasteiger partial charge in [-0.2, -0.15) is 0 Å². The van der Waals surface area contributed by atoms with Crippen molar-refractivity contribution in [2.45, 2.75) is 0 Å². The molecule has 8 heteroatoms. The van der Waals surface area contributed by atoms with Crippen molar-refractivity contribution in [3.8, 4) is 11.4 Å². The number of hydrogen-bond donors (Lipinski definition) is 0. The van der Waals surface area contributed by atoms with Crippen LogP contribution in [0.3, 0.4) is 0 Å². The summed E-state index contributed by atoms with van der Waals surface area (Å²) in [4.78, 5) is 23.2. The number of rotatable bonds is 3. The molecule has 0 aromatic carbocycles. The molecule has 0 saturated carbocycles. The lowest BCUT2D eigenvalue weighted by Crippen LogP contribution is -2.34. The monoisotopic (exact) mass is 310 g/mol. The molecule has 6 nitrogen and oxygen atoms in total. The predicted molar refractivity (Wildman–Crippen MR) is 68.0 cm³/mol. The highest BCUT2D eigenvalue weighted by atomic mass is 19.2. The molecule has 0 radical (unpaired) electrons. The van der Waals surface area contributed by atoms with E-state index >= 15 is 0 Å². The number of methoxy groups -OCH3 is 2. The van der Waals surface area contributed by atoms with Crippen LogP contribution in [-0.4, -0.2) is 26.2 Å². The Labute approximate surface area is 124 Å². The van der Waals surface area contributed by atoms with Crippen molar-refractivity contribution in [1.29, 1.82) is 0 Å². The number of ether oxygens (including phenoxy) is 2. The van der Waals surface area contributed by atoms with E-state index in [1.807, 2.05) is 0 Å². The molecule has 0 saturated heterocycles. The zero-order chi connectivity index (χ0) is 16.3. The first-order chi connectivity index (χ1) is 10.5. The highest BCUT2D eigenvalue weighted by Gasteiger charge is 2.29. The van der Waals surface area contributed by atoms with Gasteiger partial charge >= 0.3 is 23.3 Å². The maximum absolute atomic E-state index is 13.9. The Hall–Kier alpha value is -2.90. The lowest BCUT2D eigenvalue weighted by Gasteiger charge is -1.99. The summed E-state index contributed by atoms with van der Waals surface area (Å²) < 4.78 is 36.8. The van der Waals surface area contributed by atoms with Gasteiger partial charge in [0.1, 0.15) is 0 Å². The van der Waals surface area contributed by atoms with Crippen molar-refractivity contribution in [2.24, 2.45) is 0 Å². The molecule has 0 unspecified atom stereocenters. The average molecular weight is 310 g/mol. The standard InChI is InChI=1S/C14H12F2N2O4/c1-21-13(19)9-3-5-17(15)11(7-9)12-8-10(14(20)22-2)4-6-18(12)16/h3-8H,1-2H3/q+2. The Kier molecular flexibility index (Phi) is 4.40. The van der Waals surface area contributed by atoms with Crippen LogP contribution in [0, 0.1) is 0 Å². The SMILES string of the molecule is COC(=O)c1cc[n+](F)c(-c2cc(C(=O)OC)cc[n+]2F)c1. The number of halogens is 2. The number of carbonyl (C=O) groups is 2. The molecule has 0 bridgehead atoms. The lowest BCUT2D eigenvalue weighted by molar-refractivity contribution is -0.859. The highest BCUT2D eigenvalue weighted by molar-refractivity contribution is 5.91. The molecular formula is C14H12F2N2O4+2. The van der Waals surface area contributed by atoms with Gasteiger partial charge in [-0.25, -0.2) is 9.59 Å². The summed E-state index contributed by atoms with van der Waals surface area (Å²) in [6, 6.07) is 4.58. The molecule has 0 N–H and O–H groups in total. The van der Waals surface area contributed by atoms with E-state index < -0.39 is 11.9 Å². The summed E-state index contributed by atoms with van der Waals surface area (Å²) in [6.45, 7) is 0. The van der Waals surface area contributed by atoms with Crippen molar-refractivity contribution >= 4 is 11.9 Å². The van der Waals surface area contributed by atoms with Gasteiger partial charge in [-0.1, -0.05) is 0 Å². The summed E-state index contributed by atoms with van der Waals surface area (Å²) in [7, 11) is 2.34. The van der Waals surface area contributed by atoms with Crippen LogP contribution in [0.1, 0.15) is 20.7 Å². The molecule has 0 amide bonds. The van der Waals surface area contributed by atoms with Crippen molar-refractivity contribution in [1.82, 2.24) is 0 Å². The average Bonchev–Trinajstić information content (AvgIpc) is 2.54. The minimum atomic E-state index is -0.698. The summed E-state index contributed by atoms with van der Waals surface area (Å²) >= 11 is 0. The van der Waals surface area contributed by atoms with E-state index in [1.54, 1.807) is 0 Å². The summed E-state index contributed by atoms with van der Waals surface area (Å²) in [5.74, 6) is -1.40. The smallest absolute Gasteiger partial charge is 0.338 e. The number of hydrogen-bond acceptors (Lipinski definition) is 4. The number of aromatic nitrogens is 2. The van der Waals surface area contributed by atoms with Gasteiger partial charge in [-0.15, -0.1) is 0 Å². The third-order valence-corrected chi connectivity index (χ3v) is 2.92. The summed E-state index contributed by atoms with van der Waals surface area (Å²) in [5, 5.41) is 0. The van der Waals surface area contributed by atoms with Crippen molar-refractivity contribution in [3.63, 3.8) is 0 Å². The van der Waals surface area contributed by atoms with Crippen LogP contribution in [-0.2, 0) is 9.47 Å². The zero-order valence-electron chi connectivity index (χ0n) is 11.7. The van der Waals surface area contributed by atoms with Crippen LogP contribution in [0.15, 0.2) is 36.7 Å². The van der Waals surface area contributed by atoms with E-state index in [0.29, 0.717) is 0 Å². The maximum atomic E-state index is 13.9. The molecule has 2 rings (SSSR count). The van der Waals surface area contributed by atoms with Crippen LogP contribution in [0.2, 0.25) is 0 Å². The van der Waals surface area contributed by atoms with E-state index in [9.17, 15) is 18.6 Å². The van der Waals surface area contributed by atoms with Gasteiger partial charge < -0.3 is 9.47 Å².